The van der Waals surface area contributed by atoms with Crippen molar-refractivity contribution in [3.63, 3.8) is 0 Å². The van der Waals surface area contributed by atoms with E-state index in [1.165, 1.54) is 0 Å². The molecule has 0 bridgehead atoms. The highest BCUT2D eigenvalue weighted by molar-refractivity contribution is 9.10. The minimum Gasteiger partial charge on any atom is -0.456 e. The van der Waals surface area contributed by atoms with Crippen LogP contribution in [0.15, 0.2) is 40.9 Å². The van der Waals surface area contributed by atoms with Crippen LogP contribution in [-0.2, 0) is 19.1 Å². The Labute approximate surface area is 179 Å². The predicted molar refractivity (Wildman–Crippen MR) is 117 cm³/mol. The molecule has 6 nitrogen and oxygen atoms in total. The van der Waals surface area contributed by atoms with E-state index in [1.54, 1.807) is 6.07 Å². The van der Waals surface area contributed by atoms with E-state index in [0.29, 0.717) is 12.1 Å². The van der Waals surface area contributed by atoms with Gasteiger partial charge in [0.25, 0.3) is 5.91 Å². The zero-order valence-corrected chi connectivity index (χ0v) is 18.4. The number of nitrogens with one attached hydrogen (secondary N) is 2. The topological polar surface area (TPSA) is 84.5 Å². The highest BCUT2D eigenvalue weighted by atomic mass is 79.9. The Bertz CT molecular complexity index is 912. The first-order valence-corrected chi connectivity index (χ1v) is 10.1. The first kappa shape index (κ1) is 22.6. The second kappa shape index (κ2) is 10.8. The van der Waals surface area contributed by atoms with Gasteiger partial charge in [0.15, 0.2) is 6.61 Å². The van der Waals surface area contributed by atoms with Gasteiger partial charge in [-0.2, -0.15) is 0 Å². The Kier molecular flexibility index (Phi) is 8.39. The number of carbonyl (C=O) groups excluding carboxylic acids is 3. The van der Waals surface area contributed by atoms with Gasteiger partial charge < -0.3 is 15.4 Å². The summed E-state index contributed by atoms with van der Waals surface area (Å²) in [5.41, 5.74) is 4.38. The molecule has 7 heteroatoms. The molecule has 2 rings (SSSR count). The lowest BCUT2D eigenvalue weighted by atomic mass is 10.1. The van der Waals surface area contributed by atoms with Crippen LogP contribution in [0.5, 0.6) is 0 Å². The summed E-state index contributed by atoms with van der Waals surface area (Å²) < 4.78 is 5.90. The van der Waals surface area contributed by atoms with Crippen molar-refractivity contribution in [3.8, 4) is 0 Å². The first-order valence-electron chi connectivity index (χ1n) is 9.33. The van der Waals surface area contributed by atoms with E-state index in [2.05, 4.69) is 26.6 Å². The summed E-state index contributed by atoms with van der Waals surface area (Å²) >= 11 is 3.36. The molecule has 0 aliphatic heterocycles. The van der Waals surface area contributed by atoms with E-state index in [1.807, 2.05) is 51.1 Å². The Hall–Kier alpha value is -2.67. The summed E-state index contributed by atoms with van der Waals surface area (Å²) in [6, 6.07) is 11.3. The number of hydrogen-bond acceptors (Lipinski definition) is 4. The van der Waals surface area contributed by atoms with Crippen LogP contribution in [0.1, 0.15) is 36.0 Å². The predicted octanol–water partition coefficient (Wildman–Crippen LogP) is 4.67. The second-order valence-electron chi connectivity index (χ2n) is 6.89. The Balaban J connectivity index is 1.68. The molecule has 0 heterocycles. The number of benzene rings is 2. The van der Waals surface area contributed by atoms with Gasteiger partial charge in [-0.1, -0.05) is 28.1 Å². The zero-order chi connectivity index (χ0) is 21.4. The third-order valence-electron chi connectivity index (χ3n) is 4.28. The Morgan fingerprint density at radius 2 is 1.59 bits per heavy atom. The summed E-state index contributed by atoms with van der Waals surface area (Å²) in [5, 5.41) is 5.56. The van der Waals surface area contributed by atoms with Crippen LogP contribution >= 0.6 is 15.9 Å². The smallest absolute Gasteiger partial charge is 0.306 e. The number of hydrogen-bond donors (Lipinski definition) is 2. The van der Waals surface area contributed by atoms with Crippen LogP contribution < -0.4 is 10.6 Å². The average molecular weight is 461 g/mol. The Morgan fingerprint density at radius 3 is 2.31 bits per heavy atom. The number of anilines is 2. The maximum absolute atomic E-state index is 12.1. The van der Waals surface area contributed by atoms with Gasteiger partial charge in [0, 0.05) is 28.7 Å². The fourth-order valence-electron chi connectivity index (χ4n) is 2.65. The second-order valence-corrected chi connectivity index (χ2v) is 7.80. The first-order chi connectivity index (χ1) is 13.7. The van der Waals surface area contributed by atoms with Crippen LogP contribution in [0.3, 0.4) is 0 Å². The van der Waals surface area contributed by atoms with Gasteiger partial charge in [-0.3, -0.25) is 14.4 Å². The van der Waals surface area contributed by atoms with Crippen molar-refractivity contribution >= 4 is 45.1 Å². The van der Waals surface area contributed by atoms with Gasteiger partial charge in [0.1, 0.15) is 0 Å². The molecule has 29 heavy (non-hydrogen) atoms. The number of halogens is 1. The fourth-order valence-corrected chi connectivity index (χ4v) is 3.12. The molecule has 2 aromatic carbocycles. The van der Waals surface area contributed by atoms with E-state index >= 15 is 0 Å². The molecule has 2 amide bonds. The van der Waals surface area contributed by atoms with Crippen molar-refractivity contribution < 1.29 is 19.1 Å². The minimum atomic E-state index is -0.507. The third-order valence-corrected chi connectivity index (χ3v) is 4.77. The molecule has 0 atom stereocenters. The monoisotopic (exact) mass is 460 g/mol. The molecule has 0 aliphatic rings. The normalized spacial score (nSPS) is 10.3. The van der Waals surface area contributed by atoms with Crippen molar-refractivity contribution in [2.75, 3.05) is 17.2 Å². The molecule has 0 aromatic heterocycles. The number of amides is 2. The highest BCUT2D eigenvalue weighted by Gasteiger charge is 2.11. The van der Waals surface area contributed by atoms with Gasteiger partial charge in [-0.15, -0.1) is 0 Å². The Morgan fingerprint density at radius 1 is 0.862 bits per heavy atom. The molecule has 0 saturated carbocycles. The number of rotatable bonds is 8. The number of aryl methyl sites for hydroxylation is 3. The summed E-state index contributed by atoms with van der Waals surface area (Å²) in [5.74, 6) is -1.07. The van der Waals surface area contributed by atoms with Gasteiger partial charge in [-0.25, -0.2) is 0 Å². The standard InChI is InChI=1S/C22H25BrN2O4/c1-14-7-8-15(2)19(11-14)25-20(26)5-4-6-22(28)29-13-21(27)24-18-10-9-17(23)12-16(18)3/h7-12H,4-6,13H2,1-3H3,(H,24,27)(H,25,26). The van der Waals surface area contributed by atoms with E-state index in [-0.39, 0.29) is 25.4 Å². The number of carbonyl (C=O) groups is 3. The molecule has 2 aromatic rings. The lowest BCUT2D eigenvalue weighted by molar-refractivity contribution is -0.147. The molecule has 2 N–H and O–H groups in total. The fraction of sp³-hybridized carbons (Fsp3) is 0.318. The van der Waals surface area contributed by atoms with E-state index in [0.717, 1.165) is 26.9 Å². The van der Waals surface area contributed by atoms with Crippen molar-refractivity contribution in [2.45, 2.75) is 40.0 Å². The molecule has 0 unspecified atom stereocenters. The van der Waals surface area contributed by atoms with E-state index in [9.17, 15) is 14.4 Å². The summed E-state index contributed by atoms with van der Waals surface area (Å²) in [7, 11) is 0. The molecule has 154 valence electrons. The van der Waals surface area contributed by atoms with Gasteiger partial charge in [-0.05, 0) is 68.1 Å². The van der Waals surface area contributed by atoms with Crippen LogP contribution in [0.2, 0.25) is 0 Å². The van der Waals surface area contributed by atoms with Crippen molar-refractivity contribution in [1.29, 1.82) is 0 Å². The van der Waals surface area contributed by atoms with Crippen LogP contribution in [0.4, 0.5) is 11.4 Å². The zero-order valence-electron chi connectivity index (χ0n) is 16.8. The van der Waals surface area contributed by atoms with Gasteiger partial charge in [0.05, 0.1) is 0 Å². The summed E-state index contributed by atoms with van der Waals surface area (Å²) in [4.78, 5) is 35.8. The molecule has 0 saturated heterocycles. The van der Waals surface area contributed by atoms with Crippen molar-refractivity contribution in [3.05, 3.63) is 57.6 Å². The lowest BCUT2D eigenvalue weighted by Crippen LogP contribution is -2.21. The average Bonchev–Trinajstić information content (AvgIpc) is 2.65. The van der Waals surface area contributed by atoms with Crippen LogP contribution in [-0.4, -0.2) is 24.4 Å². The largest absolute Gasteiger partial charge is 0.456 e. The number of ether oxygens (including phenoxy) is 1. The lowest BCUT2D eigenvalue weighted by Gasteiger charge is -2.10. The summed E-state index contributed by atoms with van der Waals surface area (Å²) in [6.45, 7) is 5.39. The van der Waals surface area contributed by atoms with Crippen LogP contribution in [0, 0.1) is 20.8 Å². The van der Waals surface area contributed by atoms with Crippen molar-refractivity contribution in [2.24, 2.45) is 0 Å². The van der Waals surface area contributed by atoms with Gasteiger partial charge in [0.2, 0.25) is 5.91 Å². The maximum atomic E-state index is 12.1. The van der Waals surface area contributed by atoms with E-state index in [4.69, 9.17) is 4.74 Å². The SMILES string of the molecule is Cc1ccc(C)c(NC(=O)CCCC(=O)OCC(=O)Nc2ccc(Br)cc2C)c1. The number of esters is 1. The molecule has 0 spiro atoms. The third kappa shape index (κ3) is 7.69. The van der Waals surface area contributed by atoms with E-state index < -0.39 is 11.9 Å². The van der Waals surface area contributed by atoms with Crippen LogP contribution in [0.25, 0.3) is 0 Å². The van der Waals surface area contributed by atoms with Gasteiger partial charge >= 0.3 is 5.97 Å². The maximum Gasteiger partial charge on any atom is 0.306 e. The highest BCUT2D eigenvalue weighted by Crippen LogP contribution is 2.20. The molecular weight excluding hydrogens is 436 g/mol. The molecule has 0 aliphatic carbocycles. The summed E-state index contributed by atoms with van der Waals surface area (Å²) in [6.07, 6.45) is 0.626. The molecular formula is C22H25BrN2O4. The van der Waals surface area contributed by atoms with Crippen molar-refractivity contribution in [1.82, 2.24) is 0 Å². The minimum absolute atomic E-state index is 0.0742. The molecule has 0 radical (unpaired) electrons. The quantitative estimate of drug-likeness (QED) is 0.560. The molecule has 0 fully saturated rings.